The summed E-state index contributed by atoms with van der Waals surface area (Å²) >= 11 is 3.77. The van der Waals surface area contributed by atoms with E-state index in [2.05, 4.69) is 9.88 Å². The van der Waals surface area contributed by atoms with Gasteiger partial charge in [-0.1, -0.05) is 0 Å². The maximum Gasteiger partial charge on any atom is 0.185 e. The van der Waals surface area contributed by atoms with E-state index in [-0.39, 0.29) is 0 Å². The molecule has 3 nitrogen and oxygen atoms in total. The van der Waals surface area contributed by atoms with Crippen molar-refractivity contribution in [2.75, 3.05) is 29.5 Å². The number of anilines is 1. The summed E-state index contributed by atoms with van der Waals surface area (Å²) in [5.74, 6) is 2.44. The standard InChI is InChI=1S/C9H15N3S2/c1-7-8(6-10)14-9(11-7)12-2-4-13-5-3-12/h2-6,10H2,1H3. The van der Waals surface area contributed by atoms with Crippen molar-refractivity contribution in [1.82, 2.24) is 4.98 Å². The van der Waals surface area contributed by atoms with Crippen molar-refractivity contribution >= 4 is 28.2 Å². The van der Waals surface area contributed by atoms with Gasteiger partial charge in [-0.15, -0.1) is 11.3 Å². The van der Waals surface area contributed by atoms with E-state index in [1.807, 2.05) is 18.7 Å². The quantitative estimate of drug-likeness (QED) is 0.834. The summed E-state index contributed by atoms with van der Waals surface area (Å²) in [7, 11) is 0. The molecule has 0 bridgehead atoms. The topological polar surface area (TPSA) is 42.2 Å². The van der Waals surface area contributed by atoms with Gasteiger partial charge in [-0.25, -0.2) is 4.98 Å². The molecule has 0 amide bonds. The first-order valence-corrected chi connectivity index (χ1v) is 6.77. The largest absolute Gasteiger partial charge is 0.346 e. The Kier molecular flexibility index (Phi) is 3.30. The van der Waals surface area contributed by atoms with Gasteiger partial charge in [0.1, 0.15) is 0 Å². The van der Waals surface area contributed by atoms with E-state index in [9.17, 15) is 0 Å². The second-order valence-corrected chi connectivity index (χ2v) is 5.60. The molecule has 1 aromatic rings. The Balaban J connectivity index is 2.14. The molecule has 0 aliphatic carbocycles. The van der Waals surface area contributed by atoms with Gasteiger partial charge in [0.25, 0.3) is 0 Å². The molecule has 0 saturated carbocycles. The molecule has 78 valence electrons. The molecule has 0 aromatic carbocycles. The number of hydrogen-bond donors (Lipinski definition) is 1. The number of hydrogen-bond acceptors (Lipinski definition) is 5. The lowest BCUT2D eigenvalue weighted by Crippen LogP contribution is -2.32. The maximum absolute atomic E-state index is 5.64. The minimum Gasteiger partial charge on any atom is -0.346 e. The van der Waals surface area contributed by atoms with Crippen molar-refractivity contribution in [3.05, 3.63) is 10.6 Å². The fourth-order valence-electron chi connectivity index (χ4n) is 1.49. The monoisotopic (exact) mass is 229 g/mol. The van der Waals surface area contributed by atoms with Gasteiger partial charge in [0, 0.05) is 36.0 Å². The van der Waals surface area contributed by atoms with Crippen LogP contribution in [0.1, 0.15) is 10.6 Å². The third-order valence-electron chi connectivity index (χ3n) is 2.35. The number of nitrogens with zero attached hydrogens (tertiary/aromatic N) is 2. The van der Waals surface area contributed by atoms with Crippen LogP contribution in [0.5, 0.6) is 0 Å². The molecule has 2 rings (SSSR count). The molecule has 0 spiro atoms. The zero-order chi connectivity index (χ0) is 9.97. The molecular weight excluding hydrogens is 214 g/mol. The summed E-state index contributed by atoms with van der Waals surface area (Å²) in [6.45, 7) is 4.91. The second-order valence-electron chi connectivity index (χ2n) is 3.31. The molecule has 1 aliphatic rings. The van der Waals surface area contributed by atoms with Crippen molar-refractivity contribution in [3.63, 3.8) is 0 Å². The number of thioether (sulfide) groups is 1. The first kappa shape index (κ1) is 10.3. The van der Waals surface area contributed by atoms with Gasteiger partial charge in [0.2, 0.25) is 0 Å². The van der Waals surface area contributed by atoms with Crippen LogP contribution in [0, 0.1) is 6.92 Å². The summed E-state index contributed by atoms with van der Waals surface area (Å²) in [5, 5.41) is 1.16. The number of rotatable bonds is 2. The first-order chi connectivity index (χ1) is 6.81. The van der Waals surface area contributed by atoms with Crippen LogP contribution in [0.3, 0.4) is 0 Å². The smallest absolute Gasteiger partial charge is 0.185 e. The van der Waals surface area contributed by atoms with E-state index in [0.717, 1.165) is 23.9 Å². The van der Waals surface area contributed by atoms with E-state index >= 15 is 0 Å². The van der Waals surface area contributed by atoms with Crippen molar-refractivity contribution in [1.29, 1.82) is 0 Å². The van der Waals surface area contributed by atoms with Gasteiger partial charge in [-0.3, -0.25) is 0 Å². The predicted octanol–water partition coefficient (Wildman–Crippen LogP) is 1.46. The highest BCUT2D eigenvalue weighted by Gasteiger charge is 2.15. The molecule has 5 heteroatoms. The lowest BCUT2D eigenvalue weighted by atomic mass is 10.4. The summed E-state index contributed by atoms with van der Waals surface area (Å²) in [6, 6.07) is 0. The Hall–Kier alpha value is -0.260. The molecule has 1 fully saturated rings. The van der Waals surface area contributed by atoms with Crippen LogP contribution in [-0.4, -0.2) is 29.6 Å². The van der Waals surface area contributed by atoms with Gasteiger partial charge in [0.15, 0.2) is 5.13 Å². The lowest BCUT2D eigenvalue weighted by molar-refractivity contribution is 0.850. The van der Waals surface area contributed by atoms with Crippen LogP contribution in [-0.2, 0) is 6.54 Å². The third kappa shape index (κ3) is 2.04. The molecule has 0 atom stereocenters. The SMILES string of the molecule is Cc1nc(N2CCSCC2)sc1CN. The number of aryl methyl sites for hydroxylation is 1. The third-order valence-corrected chi connectivity index (χ3v) is 4.53. The van der Waals surface area contributed by atoms with Gasteiger partial charge in [-0.2, -0.15) is 11.8 Å². The van der Waals surface area contributed by atoms with Crippen LogP contribution in [0.15, 0.2) is 0 Å². The lowest BCUT2D eigenvalue weighted by Gasteiger charge is -2.25. The van der Waals surface area contributed by atoms with Crippen LogP contribution >= 0.6 is 23.1 Å². The highest BCUT2D eigenvalue weighted by Crippen LogP contribution is 2.27. The summed E-state index contributed by atoms with van der Waals surface area (Å²) < 4.78 is 0. The van der Waals surface area contributed by atoms with Crippen LogP contribution in [0.25, 0.3) is 0 Å². The second kappa shape index (κ2) is 4.51. The summed E-state index contributed by atoms with van der Waals surface area (Å²) in [6.07, 6.45) is 0. The molecule has 14 heavy (non-hydrogen) atoms. The van der Waals surface area contributed by atoms with E-state index < -0.39 is 0 Å². The molecule has 0 radical (unpaired) electrons. The molecule has 1 aliphatic heterocycles. The van der Waals surface area contributed by atoms with Crippen molar-refractivity contribution in [2.24, 2.45) is 5.73 Å². The normalized spacial score (nSPS) is 17.4. The molecular formula is C9H15N3S2. The van der Waals surface area contributed by atoms with E-state index in [1.165, 1.54) is 16.4 Å². The fraction of sp³-hybridized carbons (Fsp3) is 0.667. The molecule has 2 heterocycles. The molecule has 1 saturated heterocycles. The van der Waals surface area contributed by atoms with Crippen LogP contribution in [0.2, 0.25) is 0 Å². The molecule has 0 unspecified atom stereocenters. The first-order valence-electron chi connectivity index (χ1n) is 4.80. The minimum absolute atomic E-state index is 0.617. The van der Waals surface area contributed by atoms with Crippen LogP contribution < -0.4 is 10.6 Å². The van der Waals surface area contributed by atoms with Gasteiger partial charge in [0.05, 0.1) is 5.69 Å². The Morgan fingerprint density at radius 3 is 2.71 bits per heavy atom. The van der Waals surface area contributed by atoms with Crippen molar-refractivity contribution < 1.29 is 0 Å². The van der Waals surface area contributed by atoms with Crippen molar-refractivity contribution in [3.8, 4) is 0 Å². The van der Waals surface area contributed by atoms with Gasteiger partial charge >= 0.3 is 0 Å². The fourth-order valence-corrected chi connectivity index (χ4v) is 3.39. The number of nitrogens with two attached hydrogens (primary N) is 1. The Morgan fingerprint density at radius 2 is 2.14 bits per heavy atom. The Bertz CT molecular complexity index is 305. The Morgan fingerprint density at radius 1 is 1.43 bits per heavy atom. The van der Waals surface area contributed by atoms with E-state index in [1.54, 1.807) is 11.3 Å². The average Bonchev–Trinajstić information content (AvgIpc) is 2.61. The molecule has 2 N–H and O–H groups in total. The predicted molar refractivity (Wildman–Crippen MR) is 64.3 cm³/mol. The van der Waals surface area contributed by atoms with Gasteiger partial charge in [-0.05, 0) is 6.92 Å². The maximum atomic E-state index is 5.64. The van der Waals surface area contributed by atoms with Gasteiger partial charge < -0.3 is 10.6 Å². The van der Waals surface area contributed by atoms with E-state index in [4.69, 9.17) is 5.73 Å². The number of thiazole rings is 1. The van der Waals surface area contributed by atoms with Crippen LogP contribution in [0.4, 0.5) is 5.13 Å². The van der Waals surface area contributed by atoms with E-state index in [0.29, 0.717) is 6.54 Å². The Labute approximate surface area is 92.7 Å². The minimum atomic E-state index is 0.617. The summed E-state index contributed by atoms with van der Waals surface area (Å²) in [4.78, 5) is 8.15. The highest BCUT2D eigenvalue weighted by molar-refractivity contribution is 7.99. The zero-order valence-electron chi connectivity index (χ0n) is 8.32. The van der Waals surface area contributed by atoms with Crippen molar-refractivity contribution in [2.45, 2.75) is 13.5 Å². The molecule has 1 aromatic heterocycles. The number of aromatic nitrogens is 1. The zero-order valence-corrected chi connectivity index (χ0v) is 9.96. The summed E-state index contributed by atoms with van der Waals surface area (Å²) in [5.41, 5.74) is 6.74. The highest BCUT2D eigenvalue weighted by atomic mass is 32.2. The average molecular weight is 229 g/mol.